The second kappa shape index (κ2) is 2.58. The molecule has 2 atom stereocenters. The van der Waals surface area contributed by atoms with Crippen LogP contribution >= 0.6 is 0 Å². The summed E-state index contributed by atoms with van der Waals surface area (Å²) in [6, 6.07) is 0. The zero-order valence-electron chi connectivity index (χ0n) is 4.85. The van der Waals surface area contributed by atoms with E-state index in [1.165, 1.54) is 0 Å². The standard InChI is InChI=1S/C5H9F2NO/c6-3-1-8-2-4(7)5(3)9/h3-5,8-9H,1-2H2. The summed E-state index contributed by atoms with van der Waals surface area (Å²) in [5, 5.41) is 11.2. The van der Waals surface area contributed by atoms with Gasteiger partial charge in [-0.15, -0.1) is 0 Å². The van der Waals surface area contributed by atoms with E-state index in [2.05, 4.69) is 5.32 Å². The first-order valence-electron chi connectivity index (χ1n) is 2.88. The highest BCUT2D eigenvalue weighted by Gasteiger charge is 2.31. The van der Waals surface area contributed by atoms with Crippen LogP contribution in [0.15, 0.2) is 0 Å². The fourth-order valence-electron chi connectivity index (χ4n) is 0.827. The first-order chi connectivity index (χ1) is 4.22. The van der Waals surface area contributed by atoms with Crippen LogP contribution < -0.4 is 5.32 Å². The Hall–Kier alpha value is -0.220. The summed E-state index contributed by atoms with van der Waals surface area (Å²) in [5.74, 6) is 0. The van der Waals surface area contributed by atoms with Crippen LogP contribution in [0.3, 0.4) is 0 Å². The molecular formula is C5H9F2NO. The van der Waals surface area contributed by atoms with E-state index in [1.54, 1.807) is 0 Å². The van der Waals surface area contributed by atoms with Gasteiger partial charge in [-0.1, -0.05) is 0 Å². The maximum atomic E-state index is 12.3. The molecule has 9 heavy (non-hydrogen) atoms. The lowest BCUT2D eigenvalue weighted by Gasteiger charge is -2.25. The largest absolute Gasteiger partial charge is 0.387 e. The van der Waals surface area contributed by atoms with Crippen molar-refractivity contribution in [3.8, 4) is 0 Å². The van der Waals surface area contributed by atoms with E-state index in [4.69, 9.17) is 5.11 Å². The molecule has 2 nitrogen and oxygen atoms in total. The average molecular weight is 137 g/mol. The summed E-state index contributed by atoms with van der Waals surface area (Å²) < 4.78 is 24.6. The Bertz CT molecular complexity index is 91.0. The lowest BCUT2D eigenvalue weighted by atomic mass is 10.1. The van der Waals surface area contributed by atoms with Gasteiger partial charge in [0.25, 0.3) is 0 Å². The van der Waals surface area contributed by atoms with Crippen molar-refractivity contribution in [2.24, 2.45) is 0 Å². The van der Waals surface area contributed by atoms with E-state index >= 15 is 0 Å². The van der Waals surface area contributed by atoms with Crippen LogP contribution in [-0.2, 0) is 0 Å². The molecule has 54 valence electrons. The monoisotopic (exact) mass is 137 g/mol. The molecule has 0 saturated carbocycles. The van der Waals surface area contributed by atoms with Crippen molar-refractivity contribution in [3.63, 3.8) is 0 Å². The molecule has 0 amide bonds. The van der Waals surface area contributed by atoms with Gasteiger partial charge in [0.15, 0.2) is 0 Å². The van der Waals surface area contributed by atoms with Gasteiger partial charge in [0.2, 0.25) is 0 Å². The highest BCUT2D eigenvalue weighted by molar-refractivity contribution is 4.84. The number of aliphatic hydroxyl groups is 1. The van der Waals surface area contributed by atoms with Crippen molar-refractivity contribution in [1.82, 2.24) is 5.32 Å². The minimum absolute atomic E-state index is 0.0571. The SMILES string of the molecule is OC1C(F)CNCC1F. The number of hydrogen-bond donors (Lipinski definition) is 2. The number of halogens is 2. The van der Waals surface area contributed by atoms with Crippen molar-refractivity contribution in [2.45, 2.75) is 18.4 Å². The number of nitrogens with one attached hydrogen (secondary N) is 1. The Morgan fingerprint density at radius 2 is 1.67 bits per heavy atom. The van der Waals surface area contributed by atoms with Crippen LogP contribution in [0.25, 0.3) is 0 Å². The lowest BCUT2D eigenvalue weighted by molar-refractivity contribution is -0.00730. The number of aliphatic hydroxyl groups excluding tert-OH is 1. The predicted molar refractivity (Wildman–Crippen MR) is 28.7 cm³/mol. The number of piperidine rings is 1. The van der Waals surface area contributed by atoms with Gasteiger partial charge >= 0.3 is 0 Å². The Balaban J connectivity index is 2.41. The second-order valence-electron chi connectivity index (χ2n) is 2.18. The van der Waals surface area contributed by atoms with Gasteiger partial charge in [0, 0.05) is 13.1 Å². The van der Waals surface area contributed by atoms with Gasteiger partial charge in [0.1, 0.15) is 18.4 Å². The third-order valence-corrected chi connectivity index (χ3v) is 1.42. The molecule has 1 fully saturated rings. The molecule has 1 rings (SSSR count). The van der Waals surface area contributed by atoms with Crippen LogP contribution in [0, 0.1) is 0 Å². The highest BCUT2D eigenvalue weighted by atomic mass is 19.1. The van der Waals surface area contributed by atoms with Gasteiger partial charge in [0.05, 0.1) is 0 Å². The smallest absolute Gasteiger partial charge is 0.141 e. The third kappa shape index (κ3) is 1.37. The Kier molecular flexibility index (Phi) is 1.97. The molecule has 0 aromatic rings. The van der Waals surface area contributed by atoms with Crippen LogP contribution in [0.1, 0.15) is 0 Å². The Labute approximate surface area is 51.9 Å². The molecular weight excluding hydrogens is 128 g/mol. The van der Waals surface area contributed by atoms with E-state index in [1.807, 2.05) is 0 Å². The minimum atomic E-state index is -1.45. The van der Waals surface area contributed by atoms with Crippen molar-refractivity contribution >= 4 is 0 Å². The van der Waals surface area contributed by atoms with Gasteiger partial charge < -0.3 is 10.4 Å². The zero-order chi connectivity index (χ0) is 6.85. The minimum Gasteiger partial charge on any atom is -0.387 e. The van der Waals surface area contributed by atoms with Gasteiger partial charge in [-0.2, -0.15) is 0 Å². The van der Waals surface area contributed by atoms with E-state index in [9.17, 15) is 8.78 Å². The molecule has 1 aliphatic heterocycles. The van der Waals surface area contributed by atoms with E-state index in [0.29, 0.717) is 0 Å². The predicted octanol–water partition coefficient (Wildman–Crippen LogP) is -0.373. The van der Waals surface area contributed by atoms with Gasteiger partial charge in [-0.3, -0.25) is 0 Å². The summed E-state index contributed by atoms with van der Waals surface area (Å²) in [7, 11) is 0. The summed E-state index contributed by atoms with van der Waals surface area (Å²) >= 11 is 0. The summed E-state index contributed by atoms with van der Waals surface area (Å²) in [4.78, 5) is 0. The Morgan fingerprint density at radius 1 is 1.22 bits per heavy atom. The van der Waals surface area contributed by atoms with Crippen molar-refractivity contribution in [1.29, 1.82) is 0 Å². The second-order valence-corrected chi connectivity index (χ2v) is 2.18. The normalized spacial score (nSPS) is 45.0. The fraction of sp³-hybridized carbons (Fsp3) is 1.00. The first kappa shape index (κ1) is 6.89. The molecule has 1 aliphatic rings. The molecule has 2 N–H and O–H groups in total. The summed E-state index contributed by atoms with van der Waals surface area (Å²) in [6.07, 6.45) is -4.33. The van der Waals surface area contributed by atoms with Crippen LogP contribution in [0.5, 0.6) is 0 Å². The topological polar surface area (TPSA) is 32.3 Å². The summed E-state index contributed by atoms with van der Waals surface area (Å²) in [6.45, 7) is 0.114. The molecule has 1 heterocycles. The van der Waals surface area contributed by atoms with Crippen LogP contribution in [0.4, 0.5) is 8.78 Å². The van der Waals surface area contributed by atoms with Crippen LogP contribution in [-0.4, -0.2) is 36.6 Å². The number of rotatable bonds is 0. The van der Waals surface area contributed by atoms with E-state index in [0.717, 1.165) is 0 Å². The zero-order valence-corrected chi connectivity index (χ0v) is 4.85. The third-order valence-electron chi connectivity index (χ3n) is 1.42. The molecule has 0 radical (unpaired) electrons. The number of alkyl halides is 2. The molecule has 0 aromatic heterocycles. The maximum Gasteiger partial charge on any atom is 0.141 e. The first-order valence-corrected chi connectivity index (χ1v) is 2.88. The van der Waals surface area contributed by atoms with Gasteiger partial charge in [-0.25, -0.2) is 8.78 Å². The van der Waals surface area contributed by atoms with Crippen LogP contribution in [0.2, 0.25) is 0 Å². The molecule has 2 unspecified atom stereocenters. The van der Waals surface area contributed by atoms with Crippen molar-refractivity contribution in [2.75, 3.05) is 13.1 Å². The molecule has 0 bridgehead atoms. The lowest BCUT2D eigenvalue weighted by Crippen LogP contribution is -2.49. The molecule has 4 heteroatoms. The van der Waals surface area contributed by atoms with Crippen molar-refractivity contribution in [3.05, 3.63) is 0 Å². The average Bonchev–Trinajstić information content (AvgIpc) is 1.83. The maximum absolute atomic E-state index is 12.3. The van der Waals surface area contributed by atoms with E-state index < -0.39 is 18.4 Å². The number of hydrogen-bond acceptors (Lipinski definition) is 2. The highest BCUT2D eigenvalue weighted by Crippen LogP contribution is 2.10. The quantitative estimate of drug-likeness (QED) is 0.477. The van der Waals surface area contributed by atoms with Gasteiger partial charge in [-0.05, 0) is 0 Å². The Morgan fingerprint density at radius 3 is 2.00 bits per heavy atom. The fourth-order valence-corrected chi connectivity index (χ4v) is 0.827. The van der Waals surface area contributed by atoms with Crippen molar-refractivity contribution < 1.29 is 13.9 Å². The molecule has 0 spiro atoms. The summed E-state index contributed by atoms with van der Waals surface area (Å²) in [5.41, 5.74) is 0. The molecule has 1 saturated heterocycles. The molecule has 0 aliphatic carbocycles. The van der Waals surface area contributed by atoms with E-state index in [-0.39, 0.29) is 13.1 Å². The molecule has 0 aromatic carbocycles.